The molecule has 2 N–H and O–H groups in total. The van der Waals surface area contributed by atoms with E-state index in [9.17, 15) is 9.90 Å². The van der Waals surface area contributed by atoms with E-state index < -0.39 is 12.1 Å². The van der Waals surface area contributed by atoms with Gasteiger partial charge in [-0.1, -0.05) is 12.3 Å². The number of carbonyl (C=O) groups is 1. The van der Waals surface area contributed by atoms with Crippen molar-refractivity contribution in [3.8, 4) is 36.0 Å². The van der Waals surface area contributed by atoms with Gasteiger partial charge in [-0.2, -0.15) is 0 Å². The van der Waals surface area contributed by atoms with E-state index in [4.69, 9.17) is 11.5 Å². The summed E-state index contributed by atoms with van der Waals surface area (Å²) in [5.41, 5.74) is 0. The Labute approximate surface area is 95.9 Å². The molecule has 0 rings (SSSR count). The summed E-state index contributed by atoms with van der Waals surface area (Å²) in [6.45, 7) is 0. The Bertz CT molecular complexity index is 368. The van der Waals surface area contributed by atoms with Gasteiger partial charge in [0.15, 0.2) is 0 Å². The van der Waals surface area contributed by atoms with Gasteiger partial charge in [-0.25, -0.2) is 0 Å². The third-order valence-electron chi connectivity index (χ3n) is 1.80. The number of carboxylic acids is 1. The number of carboxylic acid groups (broad SMARTS) is 1. The van der Waals surface area contributed by atoms with Crippen LogP contribution in [0.15, 0.2) is 0 Å². The molecule has 0 fully saturated rings. The van der Waals surface area contributed by atoms with E-state index >= 15 is 0 Å². The van der Waals surface area contributed by atoms with Gasteiger partial charge in [0, 0.05) is 12.8 Å². The summed E-state index contributed by atoms with van der Waals surface area (Å²) in [6, 6.07) is 0. The molecule has 0 spiro atoms. The minimum Gasteiger partial charge on any atom is -0.481 e. The van der Waals surface area contributed by atoms with Crippen LogP contribution in [0.3, 0.4) is 0 Å². The lowest BCUT2D eigenvalue weighted by Crippen LogP contribution is -2.05. The first-order valence-electron chi connectivity index (χ1n) is 5.00. The second kappa shape index (κ2) is 9.66. The van der Waals surface area contributed by atoms with Crippen molar-refractivity contribution < 1.29 is 15.0 Å². The third kappa shape index (κ3) is 10.2. The monoisotopic (exact) mass is 218 g/mol. The molecule has 0 aromatic heterocycles. The summed E-state index contributed by atoms with van der Waals surface area (Å²) in [4.78, 5) is 10.2. The lowest BCUT2D eigenvalue weighted by atomic mass is 10.1. The number of aliphatic carboxylic acids is 1. The molecular formula is C13H14O3. The van der Waals surface area contributed by atoms with Gasteiger partial charge >= 0.3 is 5.97 Å². The second-order valence-corrected chi connectivity index (χ2v) is 3.19. The van der Waals surface area contributed by atoms with Gasteiger partial charge in [0.2, 0.25) is 0 Å². The van der Waals surface area contributed by atoms with E-state index in [1.165, 1.54) is 0 Å². The fraction of sp³-hybridized carbons (Fsp3) is 0.462. The molecule has 0 saturated carbocycles. The average Bonchev–Trinajstić information content (AvgIpc) is 2.24. The van der Waals surface area contributed by atoms with E-state index in [1.807, 2.05) is 0 Å². The highest BCUT2D eigenvalue weighted by Crippen LogP contribution is 2.05. The number of aliphatic hydroxyl groups is 1. The van der Waals surface area contributed by atoms with Crippen LogP contribution in [0.25, 0.3) is 0 Å². The van der Waals surface area contributed by atoms with E-state index in [2.05, 4.69) is 29.6 Å². The lowest BCUT2D eigenvalue weighted by Gasteiger charge is -2.04. The number of unbranched alkanes of at least 4 members (excludes halogenated alkanes) is 1. The zero-order valence-corrected chi connectivity index (χ0v) is 8.99. The highest BCUT2D eigenvalue weighted by atomic mass is 16.4. The minimum absolute atomic E-state index is 0.145. The minimum atomic E-state index is -0.807. The van der Waals surface area contributed by atoms with Gasteiger partial charge in [0.05, 0.1) is 6.10 Å². The Kier molecular flexibility index (Phi) is 8.52. The molecule has 0 aliphatic rings. The molecule has 3 nitrogen and oxygen atoms in total. The molecule has 0 heterocycles. The van der Waals surface area contributed by atoms with E-state index in [0.29, 0.717) is 25.7 Å². The maximum Gasteiger partial charge on any atom is 0.303 e. The zero-order chi connectivity index (χ0) is 12.2. The molecule has 1 atom stereocenters. The van der Waals surface area contributed by atoms with Crippen LogP contribution >= 0.6 is 0 Å². The summed E-state index contributed by atoms with van der Waals surface area (Å²) in [5.74, 6) is 11.3. The highest BCUT2D eigenvalue weighted by Gasteiger charge is 2.02. The summed E-state index contributed by atoms with van der Waals surface area (Å²) < 4.78 is 0. The second-order valence-electron chi connectivity index (χ2n) is 3.19. The van der Waals surface area contributed by atoms with Crippen molar-refractivity contribution in [1.82, 2.24) is 0 Å². The SMILES string of the molecule is C#CC#CC#CC[C@H](O)CCCCC(=O)O. The van der Waals surface area contributed by atoms with Crippen LogP contribution in [0.1, 0.15) is 32.1 Å². The van der Waals surface area contributed by atoms with Gasteiger partial charge in [0.25, 0.3) is 0 Å². The molecule has 0 aliphatic heterocycles. The largest absolute Gasteiger partial charge is 0.481 e. The van der Waals surface area contributed by atoms with Gasteiger partial charge in [-0.15, -0.1) is 6.42 Å². The summed E-state index contributed by atoms with van der Waals surface area (Å²) >= 11 is 0. The molecular weight excluding hydrogens is 204 g/mol. The van der Waals surface area contributed by atoms with Crippen molar-refractivity contribution in [2.45, 2.75) is 38.2 Å². The molecule has 3 heteroatoms. The van der Waals surface area contributed by atoms with Gasteiger partial charge in [-0.05, 0) is 36.5 Å². The van der Waals surface area contributed by atoms with E-state index in [-0.39, 0.29) is 6.42 Å². The predicted molar refractivity (Wildman–Crippen MR) is 61.1 cm³/mol. The maximum absolute atomic E-state index is 10.2. The van der Waals surface area contributed by atoms with Crippen LogP contribution in [0.5, 0.6) is 0 Å². The fourth-order valence-electron chi connectivity index (χ4n) is 1.04. The number of rotatable bonds is 6. The summed E-state index contributed by atoms with van der Waals surface area (Å²) in [5, 5.41) is 17.8. The number of hydrogen-bond acceptors (Lipinski definition) is 2. The van der Waals surface area contributed by atoms with Gasteiger partial charge in [0.1, 0.15) is 0 Å². The molecule has 0 unspecified atom stereocenters. The molecule has 0 aromatic rings. The first kappa shape index (κ1) is 14.1. The topological polar surface area (TPSA) is 57.5 Å². The van der Waals surface area contributed by atoms with Crippen molar-refractivity contribution >= 4 is 5.97 Å². The highest BCUT2D eigenvalue weighted by molar-refractivity contribution is 5.66. The Balaban J connectivity index is 3.58. The predicted octanol–water partition coefficient (Wildman–Crippen LogP) is 1.02. The Morgan fingerprint density at radius 1 is 1.25 bits per heavy atom. The fourth-order valence-corrected chi connectivity index (χ4v) is 1.04. The van der Waals surface area contributed by atoms with Gasteiger partial charge in [-0.3, -0.25) is 4.79 Å². The van der Waals surface area contributed by atoms with E-state index in [1.54, 1.807) is 0 Å². The maximum atomic E-state index is 10.2. The van der Waals surface area contributed by atoms with Crippen LogP contribution in [0.2, 0.25) is 0 Å². The molecule has 0 radical (unpaired) electrons. The zero-order valence-electron chi connectivity index (χ0n) is 8.99. The molecule has 0 saturated heterocycles. The standard InChI is InChI=1S/C13H14O3/c1-2-3-4-5-6-9-12(14)10-7-8-11-13(15)16/h1,12,14H,7-11H2,(H,15,16)/t12-/m0/s1. The summed E-state index contributed by atoms with van der Waals surface area (Å²) in [7, 11) is 0. The molecule has 84 valence electrons. The van der Waals surface area contributed by atoms with Crippen LogP contribution in [-0.2, 0) is 4.79 Å². The Morgan fingerprint density at radius 3 is 2.62 bits per heavy atom. The number of aliphatic hydroxyl groups excluding tert-OH is 1. The quantitative estimate of drug-likeness (QED) is 0.517. The van der Waals surface area contributed by atoms with Crippen LogP contribution in [0.4, 0.5) is 0 Å². The molecule has 16 heavy (non-hydrogen) atoms. The normalized spacial score (nSPS) is 10.0. The van der Waals surface area contributed by atoms with Crippen molar-refractivity contribution in [3.63, 3.8) is 0 Å². The number of terminal acetylenes is 1. The first-order valence-corrected chi connectivity index (χ1v) is 5.00. The van der Waals surface area contributed by atoms with Crippen molar-refractivity contribution in [2.75, 3.05) is 0 Å². The number of hydrogen-bond donors (Lipinski definition) is 2. The van der Waals surface area contributed by atoms with Crippen LogP contribution in [0, 0.1) is 36.0 Å². The lowest BCUT2D eigenvalue weighted by molar-refractivity contribution is -0.137. The van der Waals surface area contributed by atoms with E-state index in [0.717, 1.165) is 0 Å². The van der Waals surface area contributed by atoms with Crippen molar-refractivity contribution in [2.24, 2.45) is 0 Å². The molecule has 0 amide bonds. The molecule has 0 aromatic carbocycles. The molecule has 0 aliphatic carbocycles. The Hall–Kier alpha value is -1.89. The Morgan fingerprint density at radius 2 is 2.00 bits per heavy atom. The average molecular weight is 218 g/mol. The molecule has 0 bridgehead atoms. The summed E-state index contributed by atoms with van der Waals surface area (Å²) in [6.07, 6.45) is 6.68. The van der Waals surface area contributed by atoms with Crippen LogP contribution in [-0.4, -0.2) is 22.3 Å². The smallest absolute Gasteiger partial charge is 0.303 e. The first-order chi connectivity index (χ1) is 7.66. The van der Waals surface area contributed by atoms with Gasteiger partial charge < -0.3 is 10.2 Å². The third-order valence-corrected chi connectivity index (χ3v) is 1.80. The van der Waals surface area contributed by atoms with Crippen molar-refractivity contribution in [3.05, 3.63) is 0 Å². The van der Waals surface area contributed by atoms with Crippen LogP contribution < -0.4 is 0 Å². The van der Waals surface area contributed by atoms with Crippen molar-refractivity contribution in [1.29, 1.82) is 0 Å².